The number of piperidine rings is 1. The van der Waals surface area contributed by atoms with Gasteiger partial charge < -0.3 is 16.0 Å². The Morgan fingerprint density at radius 2 is 2.28 bits per heavy atom. The van der Waals surface area contributed by atoms with Crippen molar-refractivity contribution < 1.29 is 9.59 Å². The highest BCUT2D eigenvalue weighted by atomic mass is 16.2. The maximum atomic E-state index is 11.9. The van der Waals surface area contributed by atoms with Gasteiger partial charge in [-0.15, -0.1) is 6.58 Å². The van der Waals surface area contributed by atoms with Crippen molar-refractivity contribution in [2.45, 2.75) is 25.7 Å². The van der Waals surface area contributed by atoms with Gasteiger partial charge in [-0.05, 0) is 19.3 Å². The zero-order valence-electron chi connectivity index (χ0n) is 10.9. The average Bonchev–Trinajstić information content (AvgIpc) is 2.42. The van der Waals surface area contributed by atoms with Gasteiger partial charge in [-0.1, -0.05) is 6.08 Å². The topological polar surface area (TPSA) is 75.4 Å². The van der Waals surface area contributed by atoms with Crippen LogP contribution in [0.4, 0.5) is 0 Å². The molecule has 0 radical (unpaired) electrons. The van der Waals surface area contributed by atoms with Gasteiger partial charge in [0, 0.05) is 32.6 Å². The number of carbonyl (C=O) groups is 2. The Balaban J connectivity index is 2.42. The molecular formula is C13H23N3O2. The lowest BCUT2D eigenvalue weighted by Crippen LogP contribution is -2.46. The van der Waals surface area contributed by atoms with Crippen LogP contribution in [0.3, 0.4) is 0 Å². The van der Waals surface area contributed by atoms with Crippen LogP contribution < -0.4 is 11.1 Å². The van der Waals surface area contributed by atoms with Crippen molar-refractivity contribution in [2.24, 2.45) is 11.7 Å². The summed E-state index contributed by atoms with van der Waals surface area (Å²) in [5.41, 5.74) is 5.35. The summed E-state index contributed by atoms with van der Waals surface area (Å²) >= 11 is 0. The molecular weight excluding hydrogens is 230 g/mol. The molecule has 5 heteroatoms. The molecule has 1 fully saturated rings. The number of amides is 2. The van der Waals surface area contributed by atoms with Crippen LogP contribution in [0.15, 0.2) is 12.7 Å². The van der Waals surface area contributed by atoms with E-state index in [2.05, 4.69) is 11.9 Å². The number of rotatable bonds is 6. The molecule has 5 nitrogen and oxygen atoms in total. The molecule has 0 aromatic rings. The van der Waals surface area contributed by atoms with Gasteiger partial charge in [0.25, 0.3) is 0 Å². The van der Waals surface area contributed by atoms with E-state index in [0.717, 1.165) is 19.4 Å². The molecule has 18 heavy (non-hydrogen) atoms. The maximum Gasteiger partial charge on any atom is 0.224 e. The van der Waals surface area contributed by atoms with Crippen LogP contribution in [0.5, 0.6) is 0 Å². The number of nitrogens with two attached hydrogens (primary N) is 1. The number of nitrogens with one attached hydrogen (secondary N) is 1. The van der Waals surface area contributed by atoms with Crippen molar-refractivity contribution in [1.29, 1.82) is 0 Å². The Hall–Kier alpha value is -1.36. The second-order valence-corrected chi connectivity index (χ2v) is 4.59. The average molecular weight is 253 g/mol. The molecule has 1 aliphatic heterocycles. The van der Waals surface area contributed by atoms with Crippen molar-refractivity contribution in [2.75, 3.05) is 26.2 Å². The quantitative estimate of drug-likeness (QED) is 0.667. The van der Waals surface area contributed by atoms with Crippen molar-refractivity contribution in [3.05, 3.63) is 12.7 Å². The largest absolute Gasteiger partial charge is 0.355 e. The number of hydrogen-bond acceptors (Lipinski definition) is 3. The van der Waals surface area contributed by atoms with Crippen LogP contribution in [0, 0.1) is 5.92 Å². The third kappa shape index (κ3) is 4.49. The van der Waals surface area contributed by atoms with Crippen LogP contribution in [-0.4, -0.2) is 42.9 Å². The maximum absolute atomic E-state index is 11.9. The first-order valence-electron chi connectivity index (χ1n) is 6.55. The van der Waals surface area contributed by atoms with Gasteiger partial charge in [0.1, 0.15) is 0 Å². The van der Waals surface area contributed by atoms with Gasteiger partial charge >= 0.3 is 0 Å². The molecule has 0 aromatic heterocycles. The summed E-state index contributed by atoms with van der Waals surface area (Å²) in [7, 11) is 0. The van der Waals surface area contributed by atoms with E-state index in [1.165, 1.54) is 0 Å². The fourth-order valence-corrected chi connectivity index (χ4v) is 2.14. The lowest BCUT2D eigenvalue weighted by atomic mass is 9.96. The monoisotopic (exact) mass is 253 g/mol. The number of nitrogens with zero attached hydrogens (tertiary/aromatic N) is 1. The standard InChI is InChI=1S/C13H23N3O2/c1-2-3-6-12(17)16-9-4-5-11(10-16)13(18)15-8-7-14/h2,11H,1,3-10,14H2,(H,15,18). The van der Waals surface area contributed by atoms with Crippen LogP contribution in [-0.2, 0) is 9.59 Å². The molecule has 0 saturated carbocycles. The highest BCUT2D eigenvalue weighted by Crippen LogP contribution is 2.17. The van der Waals surface area contributed by atoms with E-state index in [4.69, 9.17) is 5.73 Å². The summed E-state index contributed by atoms with van der Waals surface area (Å²) in [5, 5.41) is 2.79. The van der Waals surface area contributed by atoms with Crippen LogP contribution in [0.25, 0.3) is 0 Å². The molecule has 2 amide bonds. The number of carbonyl (C=O) groups excluding carboxylic acids is 2. The first-order chi connectivity index (χ1) is 8.69. The molecule has 0 spiro atoms. The normalized spacial score (nSPS) is 19.4. The molecule has 0 aliphatic carbocycles. The third-order valence-electron chi connectivity index (χ3n) is 3.15. The van der Waals surface area contributed by atoms with E-state index in [-0.39, 0.29) is 17.7 Å². The summed E-state index contributed by atoms with van der Waals surface area (Å²) in [6.07, 6.45) is 4.66. The predicted molar refractivity (Wildman–Crippen MR) is 70.8 cm³/mol. The fourth-order valence-electron chi connectivity index (χ4n) is 2.14. The Morgan fingerprint density at radius 3 is 2.94 bits per heavy atom. The van der Waals surface area contributed by atoms with E-state index in [1.807, 2.05) is 0 Å². The minimum absolute atomic E-state index is 0.0154. The summed E-state index contributed by atoms with van der Waals surface area (Å²) < 4.78 is 0. The lowest BCUT2D eigenvalue weighted by Gasteiger charge is -2.32. The zero-order chi connectivity index (χ0) is 13.4. The Kier molecular flexibility index (Phi) is 6.43. The Bertz CT molecular complexity index is 305. The highest BCUT2D eigenvalue weighted by molar-refractivity contribution is 5.81. The van der Waals surface area contributed by atoms with Gasteiger partial charge in [0.15, 0.2) is 0 Å². The second kappa shape index (κ2) is 7.87. The van der Waals surface area contributed by atoms with Gasteiger partial charge in [0.05, 0.1) is 5.92 Å². The van der Waals surface area contributed by atoms with E-state index < -0.39 is 0 Å². The van der Waals surface area contributed by atoms with Gasteiger partial charge in [-0.2, -0.15) is 0 Å². The minimum atomic E-state index is -0.0852. The first kappa shape index (κ1) is 14.7. The molecule has 1 heterocycles. The summed E-state index contributed by atoms with van der Waals surface area (Å²) in [6.45, 7) is 5.85. The van der Waals surface area contributed by atoms with E-state index >= 15 is 0 Å². The van der Waals surface area contributed by atoms with Crippen LogP contribution in [0.1, 0.15) is 25.7 Å². The van der Waals surface area contributed by atoms with Crippen molar-refractivity contribution >= 4 is 11.8 Å². The minimum Gasteiger partial charge on any atom is -0.355 e. The van der Waals surface area contributed by atoms with E-state index in [1.54, 1.807) is 11.0 Å². The summed E-state index contributed by atoms with van der Waals surface area (Å²) in [4.78, 5) is 25.5. The van der Waals surface area contributed by atoms with Crippen molar-refractivity contribution in [3.8, 4) is 0 Å². The van der Waals surface area contributed by atoms with Gasteiger partial charge in [-0.25, -0.2) is 0 Å². The van der Waals surface area contributed by atoms with Crippen molar-refractivity contribution in [1.82, 2.24) is 10.2 Å². The molecule has 0 bridgehead atoms. The molecule has 1 saturated heterocycles. The smallest absolute Gasteiger partial charge is 0.224 e. The molecule has 3 N–H and O–H groups in total. The zero-order valence-corrected chi connectivity index (χ0v) is 10.9. The Morgan fingerprint density at radius 1 is 1.50 bits per heavy atom. The predicted octanol–water partition coefficient (Wildman–Crippen LogP) is 0.266. The van der Waals surface area contributed by atoms with E-state index in [0.29, 0.717) is 32.5 Å². The van der Waals surface area contributed by atoms with Crippen LogP contribution >= 0.6 is 0 Å². The summed E-state index contributed by atoms with van der Waals surface area (Å²) in [6, 6.07) is 0. The second-order valence-electron chi connectivity index (χ2n) is 4.59. The highest BCUT2D eigenvalue weighted by Gasteiger charge is 2.27. The van der Waals surface area contributed by atoms with Crippen LogP contribution in [0.2, 0.25) is 0 Å². The molecule has 0 aromatic carbocycles. The van der Waals surface area contributed by atoms with Crippen molar-refractivity contribution in [3.63, 3.8) is 0 Å². The summed E-state index contributed by atoms with van der Waals surface area (Å²) in [5.74, 6) is 0.0471. The molecule has 1 unspecified atom stereocenters. The van der Waals surface area contributed by atoms with Gasteiger partial charge in [-0.3, -0.25) is 9.59 Å². The first-order valence-corrected chi connectivity index (χ1v) is 6.55. The number of likely N-dealkylation sites (tertiary alicyclic amines) is 1. The Labute approximate surface area is 108 Å². The number of hydrogen-bond donors (Lipinski definition) is 2. The molecule has 1 aliphatic rings. The third-order valence-corrected chi connectivity index (χ3v) is 3.15. The fraction of sp³-hybridized carbons (Fsp3) is 0.692. The molecule has 1 rings (SSSR count). The molecule has 102 valence electrons. The van der Waals surface area contributed by atoms with E-state index in [9.17, 15) is 9.59 Å². The SMILES string of the molecule is C=CCCC(=O)N1CCCC(C(=O)NCCN)C1. The van der Waals surface area contributed by atoms with Gasteiger partial charge in [0.2, 0.25) is 11.8 Å². The molecule has 1 atom stereocenters. The lowest BCUT2D eigenvalue weighted by molar-refractivity contribution is -0.135. The number of allylic oxidation sites excluding steroid dienone is 1.